The molecule has 2 aromatic carbocycles. The Labute approximate surface area is 117 Å². The van der Waals surface area contributed by atoms with Crippen LogP contribution in [0.2, 0.25) is 0 Å². The van der Waals surface area contributed by atoms with Crippen LogP contribution in [-0.4, -0.2) is 17.9 Å². The van der Waals surface area contributed by atoms with Crippen LogP contribution in [0.5, 0.6) is 5.75 Å². The molecular formula is C17H15NO2. The molecule has 0 bridgehead atoms. The van der Waals surface area contributed by atoms with E-state index in [0.29, 0.717) is 12.2 Å². The van der Waals surface area contributed by atoms with Crippen molar-refractivity contribution in [3.63, 3.8) is 0 Å². The van der Waals surface area contributed by atoms with Crippen LogP contribution in [-0.2, 0) is 0 Å². The van der Waals surface area contributed by atoms with E-state index in [1.165, 1.54) is 0 Å². The first-order chi connectivity index (χ1) is 9.80. The minimum Gasteiger partial charge on any atom is -0.494 e. The first kappa shape index (κ1) is 12.5. The van der Waals surface area contributed by atoms with Crippen LogP contribution in [0.15, 0.2) is 48.5 Å². The molecule has 0 spiro atoms. The highest BCUT2D eigenvalue weighted by atomic mass is 16.5. The molecule has 0 unspecified atom stereocenters. The topological polar surface area (TPSA) is 42.1 Å². The fraction of sp³-hybridized carbons (Fsp3) is 0.118. The number of hydrogen-bond acceptors (Lipinski definition) is 2. The number of aromatic nitrogens is 1. The summed E-state index contributed by atoms with van der Waals surface area (Å²) in [4.78, 5) is 14.1. The first-order valence-electron chi connectivity index (χ1n) is 6.61. The van der Waals surface area contributed by atoms with Crippen LogP contribution in [0, 0.1) is 0 Å². The molecule has 20 heavy (non-hydrogen) atoms. The highest BCUT2D eigenvalue weighted by molar-refractivity contribution is 5.90. The maximum Gasteiger partial charge on any atom is 0.150 e. The molecule has 3 rings (SSSR count). The van der Waals surface area contributed by atoms with Gasteiger partial charge in [0, 0.05) is 22.2 Å². The Morgan fingerprint density at radius 3 is 2.60 bits per heavy atom. The van der Waals surface area contributed by atoms with E-state index in [0.717, 1.165) is 34.2 Å². The van der Waals surface area contributed by atoms with E-state index >= 15 is 0 Å². The van der Waals surface area contributed by atoms with E-state index in [2.05, 4.69) is 11.1 Å². The second-order valence-corrected chi connectivity index (χ2v) is 4.60. The van der Waals surface area contributed by atoms with Crippen molar-refractivity contribution in [2.24, 2.45) is 0 Å². The van der Waals surface area contributed by atoms with Crippen LogP contribution >= 0.6 is 0 Å². The number of ether oxygens (including phenoxy) is 1. The zero-order valence-electron chi connectivity index (χ0n) is 11.2. The third kappa shape index (κ3) is 2.30. The summed E-state index contributed by atoms with van der Waals surface area (Å²) in [5, 5.41) is 1.10. The van der Waals surface area contributed by atoms with Crippen molar-refractivity contribution >= 4 is 17.2 Å². The number of benzene rings is 2. The van der Waals surface area contributed by atoms with Crippen LogP contribution in [0.1, 0.15) is 17.3 Å². The first-order valence-corrected chi connectivity index (χ1v) is 6.61. The van der Waals surface area contributed by atoms with Gasteiger partial charge in [0.1, 0.15) is 12.0 Å². The van der Waals surface area contributed by atoms with E-state index in [1.807, 2.05) is 49.4 Å². The molecular weight excluding hydrogens is 250 g/mol. The lowest BCUT2D eigenvalue weighted by Crippen LogP contribution is -1.90. The minimum absolute atomic E-state index is 0.667. The summed E-state index contributed by atoms with van der Waals surface area (Å²) in [5.74, 6) is 0.871. The molecule has 0 aliphatic rings. The molecule has 0 saturated heterocycles. The summed E-state index contributed by atoms with van der Waals surface area (Å²) in [5.41, 5.74) is 3.78. The Morgan fingerprint density at radius 1 is 1.10 bits per heavy atom. The van der Waals surface area contributed by atoms with E-state index < -0.39 is 0 Å². The zero-order chi connectivity index (χ0) is 13.9. The molecule has 0 atom stereocenters. The van der Waals surface area contributed by atoms with Crippen LogP contribution in [0.25, 0.3) is 22.2 Å². The highest BCUT2D eigenvalue weighted by Gasteiger charge is 2.04. The van der Waals surface area contributed by atoms with Crippen LogP contribution < -0.4 is 4.74 Å². The Hall–Kier alpha value is -2.55. The molecule has 0 aliphatic heterocycles. The number of hydrogen-bond donors (Lipinski definition) is 1. The van der Waals surface area contributed by atoms with Gasteiger partial charge in [-0.15, -0.1) is 0 Å². The molecule has 3 heteroatoms. The predicted molar refractivity (Wildman–Crippen MR) is 80.3 cm³/mol. The van der Waals surface area contributed by atoms with Gasteiger partial charge in [-0.2, -0.15) is 0 Å². The van der Waals surface area contributed by atoms with Gasteiger partial charge in [0.05, 0.1) is 6.61 Å². The standard InChI is InChI=1S/C17H15NO2/c1-2-20-15-7-5-13(6-8-15)17-10-14-4-3-12(11-19)9-16(14)18-17/h3-11,18H,2H2,1H3. The molecule has 1 heterocycles. The maximum atomic E-state index is 10.8. The Morgan fingerprint density at radius 2 is 1.90 bits per heavy atom. The van der Waals surface area contributed by atoms with Gasteiger partial charge in [0.2, 0.25) is 0 Å². The SMILES string of the molecule is CCOc1ccc(-c2cc3ccc(C=O)cc3[nH]2)cc1. The average molecular weight is 265 g/mol. The molecule has 0 saturated carbocycles. The highest BCUT2D eigenvalue weighted by Crippen LogP contribution is 2.26. The molecule has 0 aliphatic carbocycles. The van der Waals surface area contributed by atoms with Gasteiger partial charge < -0.3 is 9.72 Å². The number of aromatic amines is 1. The number of fused-ring (bicyclic) bond motifs is 1. The predicted octanol–water partition coefficient (Wildman–Crippen LogP) is 4.05. The van der Waals surface area contributed by atoms with Crippen molar-refractivity contribution in [3.05, 3.63) is 54.1 Å². The fourth-order valence-electron chi connectivity index (χ4n) is 2.27. The summed E-state index contributed by atoms with van der Waals surface area (Å²) in [6, 6.07) is 15.7. The molecule has 0 fully saturated rings. The lowest BCUT2D eigenvalue weighted by molar-refractivity contribution is 0.112. The van der Waals surface area contributed by atoms with Gasteiger partial charge in [0.25, 0.3) is 0 Å². The zero-order valence-corrected chi connectivity index (χ0v) is 11.2. The smallest absolute Gasteiger partial charge is 0.150 e. The van der Waals surface area contributed by atoms with Crippen molar-refractivity contribution < 1.29 is 9.53 Å². The van der Waals surface area contributed by atoms with Gasteiger partial charge in [-0.3, -0.25) is 4.79 Å². The number of carbonyl (C=O) groups is 1. The molecule has 100 valence electrons. The lowest BCUT2D eigenvalue weighted by atomic mass is 10.1. The summed E-state index contributed by atoms with van der Waals surface area (Å²) >= 11 is 0. The molecule has 0 amide bonds. The van der Waals surface area contributed by atoms with Crippen molar-refractivity contribution in [1.82, 2.24) is 4.98 Å². The number of nitrogens with one attached hydrogen (secondary N) is 1. The summed E-state index contributed by atoms with van der Waals surface area (Å²) in [7, 11) is 0. The third-order valence-corrected chi connectivity index (χ3v) is 3.26. The van der Waals surface area contributed by atoms with Crippen LogP contribution in [0.3, 0.4) is 0 Å². The minimum atomic E-state index is 0.667. The molecule has 3 aromatic rings. The molecule has 0 radical (unpaired) electrons. The van der Waals surface area contributed by atoms with Gasteiger partial charge in [-0.1, -0.05) is 12.1 Å². The lowest BCUT2D eigenvalue weighted by Gasteiger charge is -2.03. The van der Waals surface area contributed by atoms with Gasteiger partial charge in [-0.25, -0.2) is 0 Å². The summed E-state index contributed by atoms with van der Waals surface area (Å²) < 4.78 is 5.44. The fourth-order valence-corrected chi connectivity index (χ4v) is 2.27. The number of H-pyrrole nitrogens is 1. The number of carbonyl (C=O) groups excluding carboxylic acids is 1. The largest absolute Gasteiger partial charge is 0.494 e. The summed E-state index contributed by atoms with van der Waals surface area (Å²) in [6.07, 6.45) is 0.858. The third-order valence-electron chi connectivity index (χ3n) is 3.26. The van der Waals surface area contributed by atoms with Crippen molar-refractivity contribution in [2.45, 2.75) is 6.92 Å². The Bertz CT molecular complexity index is 741. The number of aldehydes is 1. The van der Waals surface area contributed by atoms with E-state index in [-0.39, 0.29) is 0 Å². The molecule has 3 nitrogen and oxygen atoms in total. The van der Waals surface area contributed by atoms with Gasteiger partial charge in [-0.05, 0) is 48.9 Å². The monoisotopic (exact) mass is 265 g/mol. The van der Waals surface area contributed by atoms with E-state index in [1.54, 1.807) is 0 Å². The Balaban J connectivity index is 1.98. The molecule has 1 aromatic heterocycles. The summed E-state index contributed by atoms with van der Waals surface area (Å²) in [6.45, 7) is 2.64. The van der Waals surface area contributed by atoms with E-state index in [4.69, 9.17) is 4.74 Å². The number of rotatable bonds is 4. The maximum absolute atomic E-state index is 10.8. The quantitative estimate of drug-likeness (QED) is 0.723. The second-order valence-electron chi connectivity index (χ2n) is 4.60. The average Bonchev–Trinajstić information content (AvgIpc) is 2.91. The van der Waals surface area contributed by atoms with Crippen molar-refractivity contribution in [1.29, 1.82) is 0 Å². The second kappa shape index (κ2) is 5.21. The van der Waals surface area contributed by atoms with Gasteiger partial charge in [0.15, 0.2) is 0 Å². The van der Waals surface area contributed by atoms with Crippen molar-refractivity contribution in [3.8, 4) is 17.0 Å². The van der Waals surface area contributed by atoms with E-state index in [9.17, 15) is 4.79 Å². The van der Waals surface area contributed by atoms with Crippen molar-refractivity contribution in [2.75, 3.05) is 6.61 Å². The van der Waals surface area contributed by atoms with Crippen LogP contribution in [0.4, 0.5) is 0 Å². The van der Waals surface area contributed by atoms with Gasteiger partial charge >= 0.3 is 0 Å². The molecule has 1 N–H and O–H groups in total. The normalized spacial score (nSPS) is 10.7. The Kier molecular flexibility index (Phi) is 3.25.